The average molecular weight is 182 g/mol. The van der Waals surface area contributed by atoms with Crippen LogP contribution in [0.2, 0.25) is 0 Å². The monoisotopic (exact) mass is 182 g/mol. The Balaban J connectivity index is 2.58. The molecular weight excluding hydrogens is 160 g/mol. The highest BCUT2D eigenvalue weighted by Crippen LogP contribution is 2.19. The topological polar surface area (TPSA) is 27.1 Å². The molecule has 0 saturated carbocycles. The highest BCUT2D eigenvalue weighted by atomic mass is 15.2. The molecule has 0 aromatic rings. The van der Waals surface area contributed by atoms with Crippen molar-refractivity contribution in [2.75, 3.05) is 6.54 Å². The van der Waals surface area contributed by atoms with Crippen LogP contribution in [0.5, 0.6) is 0 Å². The highest BCUT2D eigenvalue weighted by molar-refractivity contribution is 5.79. The summed E-state index contributed by atoms with van der Waals surface area (Å²) < 4.78 is 0. The minimum Gasteiger partial charge on any atom is -0.358 e. The molecule has 1 rings (SSSR count). The molecule has 2 nitrogen and oxygen atoms in total. The van der Waals surface area contributed by atoms with E-state index in [-0.39, 0.29) is 0 Å². The van der Waals surface area contributed by atoms with Crippen molar-refractivity contribution in [1.82, 2.24) is 4.90 Å². The van der Waals surface area contributed by atoms with Crippen LogP contribution in [0.3, 0.4) is 0 Å². The SMILES string of the molecule is CCC(=N)N1CCCCCC1CC. The van der Waals surface area contributed by atoms with Crippen molar-refractivity contribution >= 4 is 5.84 Å². The summed E-state index contributed by atoms with van der Waals surface area (Å²) in [4.78, 5) is 2.33. The molecule has 1 heterocycles. The smallest absolute Gasteiger partial charge is 0.0957 e. The lowest BCUT2D eigenvalue weighted by Gasteiger charge is -2.31. The van der Waals surface area contributed by atoms with Crippen LogP contribution in [0.15, 0.2) is 0 Å². The van der Waals surface area contributed by atoms with Crippen LogP contribution in [0.25, 0.3) is 0 Å². The second kappa shape index (κ2) is 5.25. The molecule has 1 aliphatic heterocycles. The van der Waals surface area contributed by atoms with Gasteiger partial charge in [0.05, 0.1) is 5.84 Å². The van der Waals surface area contributed by atoms with Crippen molar-refractivity contribution in [2.24, 2.45) is 0 Å². The zero-order chi connectivity index (χ0) is 9.68. The lowest BCUT2D eigenvalue weighted by molar-refractivity contribution is 0.300. The Morgan fingerprint density at radius 2 is 2.08 bits per heavy atom. The van der Waals surface area contributed by atoms with Crippen LogP contribution >= 0.6 is 0 Å². The minimum atomic E-state index is 0.648. The summed E-state index contributed by atoms with van der Waals surface area (Å²) in [7, 11) is 0. The van der Waals surface area contributed by atoms with E-state index in [1.807, 2.05) is 0 Å². The molecule has 0 amide bonds. The first-order valence-electron chi connectivity index (χ1n) is 5.63. The molecule has 0 aliphatic carbocycles. The maximum absolute atomic E-state index is 7.89. The van der Waals surface area contributed by atoms with Gasteiger partial charge in [-0.15, -0.1) is 0 Å². The van der Waals surface area contributed by atoms with Crippen molar-refractivity contribution in [3.63, 3.8) is 0 Å². The third-order valence-electron chi connectivity index (χ3n) is 3.03. The van der Waals surface area contributed by atoms with E-state index in [4.69, 9.17) is 5.41 Å². The zero-order valence-electron chi connectivity index (χ0n) is 8.97. The van der Waals surface area contributed by atoms with Crippen molar-refractivity contribution in [1.29, 1.82) is 5.41 Å². The number of nitrogens with one attached hydrogen (secondary N) is 1. The van der Waals surface area contributed by atoms with E-state index in [0.29, 0.717) is 6.04 Å². The number of likely N-dealkylation sites (tertiary alicyclic amines) is 1. The minimum absolute atomic E-state index is 0.648. The first-order valence-corrected chi connectivity index (χ1v) is 5.63. The van der Waals surface area contributed by atoms with Crippen molar-refractivity contribution in [2.45, 2.75) is 58.4 Å². The largest absolute Gasteiger partial charge is 0.358 e. The molecule has 76 valence electrons. The predicted molar refractivity (Wildman–Crippen MR) is 57.3 cm³/mol. The summed E-state index contributed by atoms with van der Waals surface area (Å²) in [6.07, 6.45) is 7.35. The summed E-state index contributed by atoms with van der Waals surface area (Å²) in [5.74, 6) is 0.841. The van der Waals surface area contributed by atoms with Gasteiger partial charge in [0.2, 0.25) is 0 Å². The van der Waals surface area contributed by atoms with Crippen LogP contribution in [0.4, 0.5) is 0 Å². The molecule has 1 N–H and O–H groups in total. The molecule has 1 saturated heterocycles. The first-order chi connectivity index (χ1) is 6.29. The van der Waals surface area contributed by atoms with Crippen molar-refractivity contribution in [3.8, 4) is 0 Å². The van der Waals surface area contributed by atoms with Gasteiger partial charge in [0.25, 0.3) is 0 Å². The fraction of sp³-hybridized carbons (Fsp3) is 0.909. The number of nitrogens with zero attached hydrogens (tertiary/aromatic N) is 1. The van der Waals surface area contributed by atoms with Crippen LogP contribution in [-0.2, 0) is 0 Å². The van der Waals surface area contributed by atoms with Gasteiger partial charge in [0, 0.05) is 19.0 Å². The van der Waals surface area contributed by atoms with E-state index < -0.39 is 0 Å². The second-order valence-electron chi connectivity index (χ2n) is 3.91. The molecule has 1 atom stereocenters. The first kappa shape index (κ1) is 10.6. The fourth-order valence-electron chi connectivity index (χ4n) is 2.16. The third kappa shape index (κ3) is 2.71. The van der Waals surface area contributed by atoms with Crippen LogP contribution in [0, 0.1) is 5.41 Å². The molecule has 1 aliphatic rings. The standard InChI is InChI=1S/C11H22N2/c1-3-10-8-6-5-7-9-13(10)11(12)4-2/h10,12H,3-9H2,1-2H3. The summed E-state index contributed by atoms with van der Waals surface area (Å²) in [6.45, 7) is 5.44. The molecule has 1 fully saturated rings. The number of amidine groups is 1. The second-order valence-corrected chi connectivity index (χ2v) is 3.91. The summed E-state index contributed by atoms with van der Waals surface area (Å²) in [6, 6.07) is 0.648. The quantitative estimate of drug-likeness (QED) is 0.516. The number of rotatable bonds is 2. The van der Waals surface area contributed by atoms with Crippen molar-refractivity contribution < 1.29 is 0 Å². The van der Waals surface area contributed by atoms with Gasteiger partial charge >= 0.3 is 0 Å². The number of hydrogen-bond acceptors (Lipinski definition) is 1. The Morgan fingerprint density at radius 3 is 2.69 bits per heavy atom. The molecule has 0 radical (unpaired) electrons. The molecule has 0 spiro atoms. The van der Waals surface area contributed by atoms with E-state index in [9.17, 15) is 0 Å². The van der Waals surface area contributed by atoms with E-state index in [0.717, 1.165) is 18.8 Å². The highest BCUT2D eigenvalue weighted by Gasteiger charge is 2.20. The Bertz CT molecular complexity index is 165. The third-order valence-corrected chi connectivity index (χ3v) is 3.03. The van der Waals surface area contributed by atoms with Gasteiger partial charge in [-0.25, -0.2) is 0 Å². The van der Waals surface area contributed by atoms with Gasteiger partial charge in [0.1, 0.15) is 0 Å². The van der Waals surface area contributed by atoms with Gasteiger partial charge in [0.15, 0.2) is 0 Å². The molecule has 2 heteroatoms. The lowest BCUT2D eigenvalue weighted by Crippen LogP contribution is -2.38. The van der Waals surface area contributed by atoms with Gasteiger partial charge < -0.3 is 4.90 Å². The zero-order valence-corrected chi connectivity index (χ0v) is 8.97. The van der Waals surface area contributed by atoms with E-state index in [1.54, 1.807) is 0 Å². The predicted octanol–water partition coefficient (Wildman–Crippen LogP) is 3.03. The van der Waals surface area contributed by atoms with Crippen LogP contribution < -0.4 is 0 Å². The molecule has 13 heavy (non-hydrogen) atoms. The van der Waals surface area contributed by atoms with Gasteiger partial charge in [-0.1, -0.05) is 26.7 Å². The van der Waals surface area contributed by atoms with E-state index >= 15 is 0 Å². The van der Waals surface area contributed by atoms with Crippen LogP contribution in [0.1, 0.15) is 52.4 Å². The van der Waals surface area contributed by atoms with E-state index in [1.165, 1.54) is 32.1 Å². The fourth-order valence-corrected chi connectivity index (χ4v) is 2.16. The normalized spacial score (nSPS) is 24.2. The summed E-state index contributed by atoms with van der Waals surface area (Å²) >= 11 is 0. The maximum atomic E-state index is 7.89. The molecule has 0 aromatic heterocycles. The molecule has 0 bridgehead atoms. The molecule has 1 unspecified atom stereocenters. The number of hydrogen-bond donors (Lipinski definition) is 1. The summed E-state index contributed by atoms with van der Waals surface area (Å²) in [5.41, 5.74) is 0. The Hall–Kier alpha value is -0.530. The van der Waals surface area contributed by atoms with E-state index in [2.05, 4.69) is 18.7 Å². The van der Waals surface area contributed by atoms with Gasteiger partial charge in [-0.05, 0) is 19.3 Å². The Labute approximate surface area is 81.8 Å². The Morgan fingerprint density at radius 1 is 1.31 bits per heavy atom. The van der Waals surface area contributed by atoms with Gasteiger partial charge in [-0.2, -0.15) is 0 Å². The maximum Gasteiger partial charge on any atom is 0.0957 e. The van der Waals surface area contributed by atoms with Gasteiger partial charge in [-0.3, -0.25) is 5.41 Å². The average Bonchev–Trinajstić information content (AvgIpc) is 2.41. The lowest BCUT2D eigenvalue weighted by atomic mass is 10.1. The molecular formula is C11H22N2. The van der Waals surface area contributed by atoms with Crippen LogP contribution in [-0.4, -0.2) is 23.3 Å². The van der Waals surface area contributed by atoms with Crippen molar-refractivity contribution in [3.05, 3.63) is 0 Å². The Kier molecular flexibility index (Phi) is 4.26. The summed E-state index contributed by atoms with van der Waals surface area (Å²) in [5, 5.41) is 7.89. The molecule has 0 aromatic carbocycles.